The van der Waals surface area contributed by atoms with Crippen molar-refractivity contribution in [3.05, 3.63) is 35.4 Å². The number of benzene rings is 1. The molecule has 1 aromatic carbocycles. The first-order chi connectivity index (χ1) is 8.54. The molecule has 2 atom stereocenters. The van der Waals surface area contributed by atoms with E-state index in [1.165, 1.54) is 5.56 Å². The molecule has 100 valence electrons. The molecule has 2 unspecified atom stereocenters. The first-order valence-electron chi connectivity index (χ1n) is 6.50. The molecule has 1 aromatic rings. The molecule has 1 heterocycles. The second-order valence-corrected chi connectivity index (χ2v) is 7.42. The van der Waals surface area contributed by atoms with Crippen LogP contribution in [0.2, 0.25) is 0 Å². The van der Waals surface area contributed by atoms with Gasteiger partial charge in [0.05, 0.1) is 11.0 Å². The summed E-state index contributed by atoms with van der Waals surface area (Å²) < 4.78 is 24.4. The van der Waals surface area contributed by atoms with Gasteiger partial charge in [-0.3, -0.25) is 0 Å². The normalized spacial score (nSPS) is 24.7. The fourth-order valence-electron chi connectivity index (χ4n) is 2.69. The van der Waals surface area contributed by atoms with Gasteiger partial charge in [0.1, 0.15) is 0 Å². The molecule has 0 spiro atoms. The van der Waals surface area contributed by atoms with Crippen LogP contribution >= 0.6 is 0 Å². The smallest absolute Gasteiger partial charge is 0.155 e. The second-order valence-electron chi connectivity index (χ2n) is 5.08. The molecule has 2 rings (SSSR count). The Hall–Kier alpha value is -0.870. The summed E-state index contributed by atoms with van der Waals surface area (Å²) in [5.74, 6) is 0.335. The zero-order valence-corrected chi connectivity index (χ0v) is 11.8. The van der Waals surface area contributed by atoms with Gasteiger partial charge in [-0.2, -0.15) is 0 Å². The van der Waals surface area contributed by atoms with Gasteiger partial charge in [0, 0.05) is 6.04 Å². The Morgan fingerprint density at radius 3 is 2.44 bits per heavy atom. The topological polar surface area (TPSA) is 46.2 Å². The zero-order valence-electron chi connectivity index (χ0n) is 11.0. The van der Waals surface area contributed by atoms with Crippen molar-refractivity contribution in [3.8, 4) is 0 Å². The molecule has 1 aliphatic rings. The fraction of sp³-hybridized carbons (Fsp3) is 0.571. The van der Waals surface area contributed by atoms with Gasteiger partial charge in [0.2, 0.25) is 0 Å². The minimum absolute atomic E-state index is 0.0871. The molecule has 1 N–H and O–H groups in total. The van der Waals surface area contributed by atoms with Crippen LogP contribution in [0.25, 0.3) is 0 Å². The lowest BCUT2D eigenvalue weighted by Gasteiger charge is -2.30. The van der Waals surface area contributed by atoms with Gasteiger partial charge in [-0.1, -0.05) is 36.2 Å². The third kappa shape index (κ3) is 2.75. The molecule has 1 saturated heterocycles. The molecule has 1 fully saturated rings. The summed E-state index contributed by atoms with van der Waals surface area (Å²) in [7, 11) is -1.11. The third-order valence-electron chi connectivity index (χ3n) is 3.75. The van der Waals surface area contributed by atoms with Crippen LogP contribution in [0.3, 0.4) is 0 Å². The Balaban J connectivity index is 2.30. The van der Waals surface area contributed by atoms with E-state index in [0.29, 0.717) is 5.75 Å². The largest absolute Gasteiger partial charge is 0.312 e. The Bertz CT molecular complexity index is 493. The third-order valence-corrected chi connectivity index (χ3v) is 6.04. The van der Waals surface area contributed by atoms with Crippen LogP contribution in [0, 0.1) is 6.92 Å². The number of sulfone groups is 1. The summed E-state index contributed by atoms with van der Waals surface area (Å²) in [4.78, 5) is 0. The summed E-state index contributed by atoms with van der Waals surface area (Å²) in [5, 5.41) is 2.91. The molecule has 0 aromatic heterocycles. The average Bonchev–Trinajstić information content (AvgIpc) is 2.34. The van der Waals surface area contributed by atoms with Crippen LogP contribution in [-0.4, -0.2) is 26.5 Å². The number of hydrogen-bond donors (Lipinski definition) is 1. The lowest BCUT2D eigenvalue weighted by Crippen LogP contribution is -2.39. The molecular formula is C14H21NO2S. The highest BCUT2D eigenvalue weighted by atomic mass is 32.2. The monoisotopic (exact) mass is 267 g/mol. The lowest BCUT2D eigenvalue weighted by molar-refractivity contribution is 0.469. The van der Waals surface area contributed by atoms with Gasteiger partial charge < -0.3 is 5.32 Å². The van der Waals surface area contributed by atoms with Crippen LogP contribution in [0.5, 0.6) is 0 Å². The van der Waals surface area contributed by atoms with E-state index in [-0.39, 0.29) is 11.3 Å². The zero-order chi connectivity index (χ0) is 13.2. The van der Waals surface area contributed by atoms with Crippen LogP contribution in [0.15, 0.2) is 24.3 Å². The van der Waals surface area contributed by atoms with Crippen LogP contribution in [-0.2, 0) is 9.84 Å². The Morgan fingerprint density at radius 2 is 1.89 bits per heavy atom. The lowest BCUT2D eigenvalue weighted by atomic mass is 9.99. The van der Waals surface area contributed by atoms with E-state index in [2.05, 4.69) is 5.32 Å². The van der Waals surface area contributed by atoms with Crippen LogP contribution in [0.1, 0.15) is 36.4 Å². The predicted octanol–water partition coefficient (Wildman–Crippen LogP) is 2.22. The predicted molar refractivity (Wildman–Crippen MR) is 74.4 cm³/mol. The quantitative estimate of drug-likeness (QED) is 0.913. The summed E-state index contributed by atoms with van der Waals surface area (Å²) in [6.45, 7) is 2.04. The van der Waals surface area contributed by atoms with Crippen molar-refractivity contribution < 1.29 is 8.42 Å². The highest BCUT2D eigenvalue weighted by Gasteiger charge is 2.35. The van der Waals surface area contributed by atoms with E-state index in [1.54, 1.807) is 0 Å². The van der Waals surface area contributed by atoms with Gasteiger partial charge in [0.15, 0.2) is 9.84 Å². The summed E-state index contributed by atoms with van der Waals surface area (Å²) in [6, 6.07) is 8.04. The fourth-order valence-corrected chi connectivity index (χ4v) is 4.84. The van der Waals surface area contributed by atoms with Crippen molar-refractivity contribution in [3.63, 3.8) is 0 Å². The highest BCUT2D eigenvalue weighted by Crippen LogP contribution is 2.30. The number of hydrogen-bond acceptors (Lipinski definition) is 3. The minimum Gasteiger partial charge on any atom is -0.312 e. The first-order valence-corrected chi connectivity index (χ1v) is 8.21. The van der Waals surface area contributed by atoms with E-state index < -0.39 is 9.84 Å². The van der Waals surface area contributed by atoms with Crippen molar-refractivity contribution in [1.82, 2.24) is 5.32 Å². The summed E-state index contributed by atoms with van der Waals surface area (Å²) >= 11 is 0. The summed E-state index contributed by atoms with van der Waals surface area (Å²) in [6.07, 6.45) is 2.58. The Morgan fingerprint density at radius 1 is 1.22 bits per heavy atom. The van der Waals surface area contributed by atoms with Crippen molar-refractivity contribution >= 4 is 9.84 Å². The van der Waals surface area contributed by atoms with Gasteiger partial charge in [-0.05, 0) is 32.4 Å². The molecule has 4 heteroatoms. The Kier molecular flexibility index (Phi) is 4.07. The van der Waals surface area contributed by atoms with Crippen molar-refractivity contribution in [2.45, 2.75) is 37.5 Å². The van der Waals surface area contributed by atoms with Crippen molar-refractivity contribution in [2.75, 3.05) is 12.8 Å². The first kappa shape index (κ1) is 13.6. The molecule has 0 aliphatic carbocycles. The van der Waals surface area contributed by atoms with Gasteiger partial charge in [-0.25, -0.2) is 8.42 Å². The van der Waals surface area contributed by atoms with Gasteiger partial charge in [0.25, 0.3) is 0 Å². The maximum Gasteiger partial charge on any atom is 0.155 e. The molecular weight excluding hydrogens is 246 g/mol. The van der Waals surface area contributed by atoms with E-state index in [9.17, 15) is 8.42 Å². The van der Waals surface area contributed by atoms with E-state index >= 15 is 0 Å². The van der Waals surface area contributed by atoms with E-state index in [1.807, 2.05) is 38.2 Å². The Labute approximate surface area is 110 Å². The van der Waals surface area contributed by atoms with Gasteiger partial charge in [-0.15, -0.1) is 0 Å². The van der Waals surface area contributed by atoms with Crippen molar-refractivity contribution in [2.24, 2.45) is 0 Å². The number of nitrogens with one attached hydrogen (secondary N) is 1. The van der Waals surface area contributed by atoms with Crippen LogP contribution < -0.4 is 5.32 Å². The SMILES string of the molecule is CNC(c1ccc(C)cc1)C1CCCCS1(=O)=O. The molecule has 0 radical (unpaired) electrons. The maximum absolute atomic E-state index is 12.2. The standard InChI is InChI=1S/C14H21NO2S/c1-11-6-8-12(9-7-11)14(15-2)13-5-3-4-10-18(13,16)17/h6-9,13-15H,3-5,10H2,1-2H3. The molecule has 0 bridgehead atoms. The molecule has 0 amide bonds. The maximum atomic E-state index is 12.2. The molecule has 3 nitrogen and oxygen atoms in total. The number of rotatable bonds is 3. The average molecular weight is 267 g/mol. The van der Waals surface area contributed by atoms with E-state index in [0.717, 1.165) is 24.8 Å². The minimum atomic E-state index is -2.96. The molecule has 0 saturated carbocycles. The van der Waals surface area contributed by atoms with Gasteiger partial charge >= 0.3 is 0 Å². The van der Waals surface area contributed by atoms with E-state index in [4.69, 9.17) is 0 Å². The highest BCUT2D eigenvalue weighted by molar-refractivity contribution is 7.92. The number of aryl methyl sites for hydroxylation is 1. The van der Waals surface area contributed by atoms with Crippen molar-refractivity contribution in [1.29, 1.82) is 0 Å². The molecule has 1 aliphatic heterocycles. The summed E-state index contributed by atoms with van der Waals surface area (Å²) in [5.41, 5.74) is 2.26. The van der Waals surface area contributed by atoms with Crippen LogP contribution in [0.4, 0.5) is 0 Å². The second kappa shape index (κ2) is 5.41. The molecule has 18 heavy (non-hydrogen) atoms.